The lowest BCUT2D eigenvalue weighted by Crippen LogP contribution is -2.51. The molecule has 0 bridgehead atoms. The van der Waals surface area contributed by atoms with Crippen LogP contribution in [0, 0.1) is 11.3 Å². The SMILES string of the molecule is CCC(C)(C)C1CCC2(CC1)NC(=O)N(CC(=O)N1CCC(NC)CC1)C2=O.Cl. The predicted octanol–water partition coefficient (Wildman–Crippen LogP) is 2.54. The summed E-state index contributed by atoms with van der Waals surface area (Å²) in [6.45, 7) is 7.99. The van der Waals surface area contributed by atoms with E-state index < -0.39 is 11.6 Å². The minimum absolute atomic E-state index is 0. The van der Waals surface area contributed by atoms with Crippen LogP contribution in [0.1, 0.15) is 65.7 Å². The maximum atomic E-state index is 13.1. The third kappa shape index (κ3) is 4.71. The molecular formula is C21H37ClN4O3. The molecule has 0 aromatic rings. The lowest BCUT2D eigenvalue weighted by atomic mass is 9.65. The van der Waals surface area contributed by atoms with E-state index in [-0.39, 0.29) is 36.2 Å². The van der Waals surface area contributed by atoms with Crippen molar-refractivity contribution < 1.29 is 14.4 Å². The summed E-state index contributed by atoms with van der Waals surface area (Å²) >= 11 is 0. The summed E-state index contributed by atoms with van der Waals surface area (Å²) in [6.07, 6.45) is 6.13. The average molecular weight is 429 g/mol. The van der Waals surface area contributed by atoms with E-state index in [1.807, 2.05) is 7.05 Å². The highest BCUT2D eigenvalue weighted by Gasteiger charge is 2.53. The van der Waals surface area contributed by atoms with Gasteiger partial charge in [-0.05, 0) is 56.9 Å². The molecule has 0 unspecified atom stereocenters. The van der Waals surface area contributed by atoms with E-state index in [0.29, 0.717) is 37.9 Å². The standard InChI is InChI=1S/C21H36N4O3.ClH/c1-5-20(2,3)15-6-10-21(11-7-15)18(27)25(19(28)23-21)14-17(26)24-12-8-16(22-4)9-13-24;/h15-16,22H,5-14H2,1-4H3,(H,23,28);1H. The molecule has 2 aliphatic heterocycles. The first-order valence-corrected chi connectivity index (χ1v) is 10.8. The predicted molar refractivity (Wildman–Crippen MR) is 115 cm³/mol. The second kappa shape index (κ2) is 9.21. The Labute approximate surface area is 180 Å². The van der Waals surface area contributed by atoms with Crippen LogP contribution in [-0.4, -0.2) is 65.9 Å². The number of hydrogen-bond donors (Lipinski definition) is 2. The first kappa shape index (κ1) is 23.9. The van der Waals surface area contributed by atoms with Gasteiger partial charge in [0.2, 0.25) is 5.91 Å². The van der Waals surface area contributed by atoms with Crippen LogP contribution in [0.25, 0.3) is 0 Å². The Balaban J connectivity index is 0.00000300. The van der Waals surface area contributed by atoms with E-state index in [9.17, 15) is 14.4 Å². The molecule has 3 fully saturated rings. The summed E-state index contributed by atoms with van der Waals surface area (Å²) < 4.78 is 0. The number of nitrogens with one attached hydrogen (secondary N) is 2. The minimum Gasteiger partial charge on any atom is -0.341 e. The normalized spacial score (nSPS) is 28.5. The Morgan fingerprint density at radius 2 is 1.76 bits per heavy atom. The fourth-order valence-electron chi connectivity index (χ4n) is 4.99. The Kier molecular flexibility index (Phi) is 7.60. The zero-order valence-corrected chi connectivity index (χ0v) is 19.1. The van der Waals surface area contributed by atoms with E-state index in [2.05, 4.69) is 31.4 Å². The van der Waals surface area contributed by atoms with Crippen LogP contribution < -0.4 is 10.6 Å². The lowest BCUT2D eigenvalue weighted by molar-refractivity contribution is -0.140. The van der Waals surface area contributed by atoms with E-state index in [1.165, 1.54) is 0 Å². The third-order valence-corrected chi connectivity index (χ3v) is 7.65. The van der Waals surface area contributed by atoms with Crippen molar-refractivity contribution in [1.82, 2.24) is 20.4 Å². The Morgan fingerprint density at radius 1 is 1.17 bits per heavy atom. The van der Waals surface area contributed by atoms with Gasteiger partial charge in [0.1, 0.15) is 12.1 Å². The van der Waals surface area contributed by atoms with Crippen LogP contribution in [0.2, 0.25) is 0 Å². The van der Waals surface area contributed by atoms with Crippen molar-refractivity contribution in [2.75, 3.05) is 26.7 Å². The van der Waals surface area contributed by atoms with Crippen molar-refractivity contribution in [3.8, 4) is 0 Å². The molecule has 4 amide bonds. The van der Waals surface area contributed by atoms with Crippen LogP contribution >= 0.6 is 12.4 Å². The Bertz CT molecular complexity index is 623. The topological polar surface area (TPSA) is 81.8 Å². The van der Waals surface area contributed by atoms with Crippen LogP contribution in [0.3, 0.4) is 0 Å². The summed E-state index contributed by atoms with van der Waals surface area (Å²) in [6, 6.07) is 0.0308. The van der Waals surface area contributed by atoms with Gasteiger partial charge in [-0.1, -0.05) is 27.2 Å². The van der Waals surface area contributed by atoms with Crippen LogP contribution in [0.4, 0.5) is 4.79 Å². The van der Waals surface area contributed by atoms with Gasteiger partial charge < -0.3 is 15.5 Å². The van der Waals surface area contributed by atoms with Gasteiger partial charge in [0.05, 0.1) is 0 Å². The highest BCUT2D eigenvalue weighted by atomic mass is 35.5. The minimum atomic E-state index is -0.795. The third-order valence-electron chi connectivity index (χ3n) is 7.65. The van der Waals surface area contributed by atoms with Gasteiger partial charge >= 0.3 is 6.03 Å². The number of likely N-dealkylation sites (tertiary alicyclic amines) is 1. The van der Waals surface area contributed by atoms with Crippen LogP contribution in [0.15, 0.2) is 0 Å². The van der Waals surface area contributed by atoms with Crippen molar-refractivity contribution in [3.63, 3.8) is 0 Å². The van der Waals surface area contributed by atoms with Crippen LogP contribution in [0.5, 0.6) is 0 Å². The van der Waals surface area contributed by atoms with Gasteiger partial charge in [0, 0.05) is 19.1 Å². The van der Waals surface area contributed by atoms with E-state index in [4.69, 9.17) is 0 Å². The fraction of sp³-hybridized carbons (Fsp3) is 0.857. The Morgan fingerprint density at radius 3 is 2.28 bits per heavy atom. The maximum absolute atomic E-state index is 13.1. The lowest BCUT2D eigenvalue weighted by Gasteiger charge is -2.42. The smallest absolute Gasteiger partial charge is 0.325 e. The van der Waals surface area contributed by atoms with E-state index >= 15 is 0 Å². The summed E-state index contributed by atoms with van der Waals surface area (Å²) in [4.78, 5) is 41.2. The zero-order valence-electron chi connectivity index (χ0n) is 18.3. The van der Waals surface area contributed by atoms with E-state index in [0.717, 1.165) is 37.0 Å². The first-order chi connectivity index (χ1) is 13.2. The van der Waals surface area contributed by atoms with Crippen molar-refractivity contribution in [2.45, 2.75) is 77.3 Å². The van der Waals surface area contributed by atoms with Gasteiger partial charge in [-0.15, -0.1) is 12.4 Å². The second-order valence-corrected chi connectivity index (χ2v) is 9.46. The molecule has 0 aromatic heterocycles. The number of rotatable bonds is 5. The molecule has 7 nitrogen and oxygen atoms in total. The molecular weight excluding hydrogens is 392 g/mol. The number of imide groups is 1. The van der Waals surface area contributed by atoms with Crippen molar-refractivity contribution in [3.05, 3.63) is 0 Å². The molecule has 29 heavy (non-hydrogen) atoms. The number of halogens is 1. The summed E-state index contributed by atoms with van der Waals surface area (Å²) in [5, 5.41) is 6.18. The number of urea groups is 1. The Hall–Kier alpha value is -1.34. The molecule has 0 aromatic carbocycles. The van der Waals surface area contributed by atoms with Crippen molar-refractivity contribution in [1.29, 1.82) is 0 Å². The molecule has 3 aliphatic rings. The van der Waals surface area contributed by atoms with Gasteiger partial charge in [-0.3, -0.25) is 14.5 Å². The number of piperidine rings is 1. The number of carbonyl (C=O) groups is 3. The zero-order chi connectivity index (χ0) is 20.5. The van der Waals surface area contributed by atoms with Gasteiger partial charge in [0.15, 0.2) is 0 Å². The summed E-state index contributed by atoms with van der Waals surface area (Å²) in [5.74, 6) is 0.233. The van der Waals surface area contributed by atoms with Crippen molar-refractivity contribution in [2.24, 2.45) is 11.3 Å². The summed E-state index contributed by atoms with van der Waals surface area (Å²) in [5.41, 5.74) is -0.542. The number of hydrogen-bond acceptors (Lipinski definition) is 4. The highest BCUT2D eigenvalue weighted by molar-refractivity contribution is 6.09. The number of amides is 4. The molecule has 3 rings (SSSR count). The molecule has 166 valence electrons. The molecule has 2 N–H and O–H groups in total. The first-order valence-electron chi connectivity index (χ1n) is 10.8. The van der Waals surface area contributed by atoms with Gasteiger partial charge in [0.25, 0.3) is 5.91 Å². The largest absolute Gasteiger partial charge is 0.341 e. The quantitative estimate of drug-likeness (QED) is 0.659. The average Bonchev–Trinajstić information content (AvgIpc) is 2.92. The molecule has 2 saturated heterocycles. The fourth-order valence-corrected chi connectivity index (χ4v) is 4.99. The van der Waals surface area contributed by atoms with Crippen LogP contribution in [-0.2, 0) is 9.59 Å². The molecule has 1 spiro atoms. The van der Waals surface area contributed by atoms with Gasteiger partial charge in [-0.2, -0.15) is 0 Å². The molecule has 1 aliphatic carbocycles. The number of nitrogens with zero attached hydrogens (tertiary/aromatic N) is 2. The highest BCUT2D eigenvalue weighted by Crippen LogP contribution is 2.45. The monoisotopic (exact) mass is 428 g/mol. The van der Waals surface area contributed by atoms with Crippen molar-refractivity contribution >= 4 is 30.3 Å². The molecule has 1 saturated carbocycles. The number of carbonyl (C=O) groups excluding carboxylic acids is 3. The molecule has 0 atom stereocenters. The summed E-state index contributed by atoms with van der Waals surface area (Å²) in [7, 11) is 1.94. The maximum Gasteiger partial charge on any atom is 0.325 e. The molecule has 2 heterocycles. The molecule has 0 radical (unpaired) electrons. The molecule has 8 heteroatoms. The second-order valence-electron chi connectivity index (χ2n) is 9.46. The van der Waals surface area contributed by atoms with E-state index in [1.54, 1.807) is 4.90 Å². The van der Waals surface area contributed by atoms with Gasteiger partial charge in [-0.25, -0.2) is 4.79 Å².